The molecular formula is C15H9BrCl2O3. The molecule has 0 aliphatic heterocycles. The van der Waals surface area contributed by atoms with E-state index in [0.29, 0.717) is 26.0 Å². The number of rotatable bonds is 4. The number of aliphatic carboxylic acids is 1. The summed E-state index contributed by atoms with van der Waals surface area (Å²) in [5.41, 5.74) is 0.724. The summed E-state index contributed by atoms with van der Waals surface area (Å²) in [6, 6.07) is 10.1. The van der Waals surface area contributed by atoms with Crippen LogP contribution in [0.2, 0.25) is 10.0 Å². The number of carbonyl (C=O) groups is 1. The van der Waals surface area contributed by atoms with Gasteiger partial charge in [0.2, 0.25) is 0 Å². The number of ether oxygens (including phenoxy) is 1. The Morgan fingerprint density at radius 1 is 1.19 bits per heavy atom. The van der Waals surface area contributed by atoms with E-state index in [1.807, 2.05) is 0 Å². The van der Waals surface area contributed by atoms with Gasteiger partial charge in [-0.1, -0.05) is 45.2 Å². The zero-order valence-corrected chi connectivity index (χ0v) is 13.6. The lowest BCUT2D eigenvalue weighted by Crippen LogP contribution is -1.88. The van der Waals surface area contributed by atoms with Gasteiger partial charge in [0.05, 0.1) is 5.02 Å². The number of hydrogen-bond donors (Lipinski definition) is 1. The highest BCUT2D eigenvalue weighted by molar-refractivity contribution is 9.10. The first-order valence-electron chi connectivity index (χ1n) is 5.79. The molecule has 0 heterocycles. The number of carboxylic acid groups (broad SMARTS) is 1. The van der Waals surface area contributed by atoms with Crippen LogP contribution in [0.3, 0.4) is 0 Å². The minimum Gasteiger partial charge on any atom is -0.478 e. The lowest BCUT2D eigenvalue weighted by molar-refractivity contribution is -0.131. The van der Waals surface area contributed by atoms with Crippen molar-refractivity contribution in [3.05, 3.63) is 62.6 Å². The molecule has 0 radical (unpaired) electrons. The van der Waals surface area contributed by atoms with Gasteiger partial charge in [-0.2, -0.15) is 0 Å². The van der Waals surface area contributed by atoms with Crippen LogP contribution in [0.5, 0.6) is 11.5 Å². The molecule has 2 aromatic rings. The molecule has 0 unspecified atom stereocenters. The van der Waals surface area contributed by atoms with Crippen molar-refractivity contribution in [3.8, 4) is 11.5 Å². The summed E-state index contributed by atoms with van der Waals surface area (Å²) in [5, 5.41) is 9.59. The molecule has 0 saturated carbocycles. The molecular weight excluding hydrogens is 379 g/mol. The normalized spacial score (nSPS) is 10.8. The number of hydrogen-bond acceptors (Lipinski definition) is 2. The van der Waals surface area contributed by atoms with Crippen LogP contribution in [-0.2, 0) is 4.79 Å². The molecule has 2 rings (SSSR count). The second kappa shape index (κ2) is 6.98. The van der Waals surface area contributed by atoms with Crippen LogP contribution in [0.1, 0.15) is 5.56 Å². The largest absolute Gasteiger partial charge is 0.478 e. The Morgan fingerprint density at radius 2 is 1.95 bits per heavy atom. The molecule has 0 aliphatic carbocycles. The Labute approximate surface area is 139 Å². The van der Waals surface area contributed by atoms with Gasteiger partial charge in [-0.25, -0.2) is 4.79 Å². The third-order valence-corrected chi connectivity index (χ3v) is 3.73. The number of carboxylic acids is 1. The summed E-state index contributed by atoms with van der Waals surface area (Å²) in [6.07, 6.45) is 2.55. The number of benzene rings is 2. The van der Waals surface area contributed by atoms with Gasteiger partial charge < -0.3 is 9.84 Å². The van der Waals surface area contributed by atoms with E-state index >= 15 is 0 Å². The van der Waals surface area contributed by atoms with Gasteiger partial charge in [0, 0.05) is 21.6 Å². The molecule has 21 heavy (non-hydrogen) atoms. The van der Waals surface area contributed by atoms with E-state index in [4.69, 9.17) is 33.0 Å². The fourth-order valence-corrected chi connectivity index (χ4v) is 2.36. The molecule has 108 valence electrons. The third-order valence-electron chi connectivity index (χ3n) is 2.50. The van der Waals surface area contributed by atoms with E-state index in [1.165, 1.54) is 6.08 Å². The summed E-state index contributed by atoms with van der Waals surface area (Å²) >= 11 is 15.3. The first-order valence-corrected chi connectivity index (χ1v) is 7.34. The summed E-state index contributed by atoms with van der Waals surface area (Å²) in [4.78, 5) is 10.5. The Balaban J connectivity index is 2.24. The van der Waals surface area contributed by atoms with Crippen LogP contribution < -0.4 is 4.74 Å². The van der Waals surface area contributed by atoms with Gasteiger partial charge in [0.15, 0.2) is 0 Å². The average Bonchev–Trinajstić information content (AvgIpc) is 2.42. The molecule has 3 nitrogen and oxygen atoms in total. The Bertz CT molecular complexity index is 714. The highest BCUT2D eigenvalue weighted by atomic mass is 79.9. The van der Waals surface area contributed by atoms with Crippen LogP contribution >= 0.6 is 39.1 Å². The smallest absolute Gasteiger partial charge is 0.328 e. The van der Waals surface area contributed by atoms with E-state index in [2.05, 4.69) is 15.9 Å². The van der Waals surface area contributed by atoms with Crippen molar-refractivity contribution in [2.24, 2.45) is 0 Å². The molecule has 0 amide bonds. The van der Waals surface area contributed by atoms with E-state index in [1.54, 1.807) is 36.4 Å². The second-order valence-corrected chi connectivity index (χ2v) is 5.73. The topological polar surface area (TPSA) is 46.5 Å². The van der Waals surface area contributed by atoms with Crippen molar-refractivity contribution in [2.75, 3.05) is 0 Å². The van der Waals surface area contributed by atoms with Gasteiger partial charge >= 0.3 is 5.97 Å². The molecule has 0 saturated heterocycles. The van der Waals surface area contributed by atoms with Gasteiger partial charge in [-0.3, -0.25) is 0 Å². The monoisotopic (exact) mass is 386 g/mol. The number of halogens is 3. The molecule has 0 aromatic heterocycles. The van der Waals surface area contributed by atoms with E-state index in [0.717, 1.165) is 11.6 Å². The molecule has 0 fully saturated rings. The first-order chi connectivity index (χ1) is 9.95. The minimum atomic E-state index is -1.01. The molecule has 0 bridgehead atoms. The van der Waals surface area contributed by atoms with Crippen LogP contribution in [0.4, 0.5) is 0 Å². The van der Waals surface area contributed by atoms with Crippen molar-refractivity contribution in [1.82, 2.24) is 0 Å². The van der Waals surface area contributed by atoms with Crippen molar-refractivity contribution < 1.29 is 14.6 Å². The molecule has 6 heteroatoms. The molecule has 0 spiro atoms. The summed E-state index contributed by atoms with van der Waals surface area (Å²) in [7, 11) is 0. The lowest BCUT2D eigenvalue weighted by Gasteiger charge is -2.09. The molecule has 0 aliphatic rings. The first kappa shape index (κ1) is 15.9. The minimum absolute atomic E-state index is 0.449. The predicted molar refractivity (Wildman–Crippen MR) is 87.3 cm³/mol. The van der Waals surface area contributed by atoms with Crippen LogP contribution in [-0.4, -0.2) is 11.1 Å². The van der Waals surface area contributed by atoms with Crippen molar-refractivity contribution in [2.45, 2.75) is 0 Å². The average molecular weight is 388 g/mol. The third kappa shape index (κ3) is 4.49. The van der Waals surface area contributed by atoms with Crippen molar-refractivity contribution >= 4 is 51.2 Å². The Kier molecular flexibility index (Phi) is 5.28. The van der Waals surface area contributed by atoms with Crippen LogP contribution in [0, 0.1) is 0 Å². The van der Waals surface area contributed by atoms with Gasteiger partial charge in [0.25, 0.3) is 0 Å². The molecule has 1 N–H and O–H groups in total. The van der Waals surface area contributed by atoms with Crippen molar-refractivity contribution in [1.29, 1.82) is 0 Å². The highest BCUT2D eigenvalue weighted by Crippen LogP contribution is 2.33. The summed E-state index contributed by atoms with van der Waals surface area (Å²) in [5.74, 6) is -0.00338. The maximum atomic E-state index is 10.5. The summed E-state index contributed by atoms with van der Waals surface area (Å²) < 4.78 is 6.37. The fraction of sp³-hybridized carbons (Fsp3) is 0. The SMILES string of the molecule is O=C(O)/C=C/c1ccc(Oc2cc(Cl)ccc2Cl)cc1Br. The standard InChI is InChI=1S/C15H9BrCl2O3/c16-12-8-11(4-1-9(12)2-6-15(19)20)21-14-7-10(17)3-5-13(14)18/h1-8H,(H,19,20)/b6-2+. The van der Waals surface area contributed by atoms with Crippen molar-refractivity contribution in [3.63, 3.8) is 0 Å². The second-order valence-electron chi connectivity index (χ2n) is 4.03. The zero-order chi connectivity index (χ0) is 15.4. The lowest BCUT2D eigenvalue weighted by atomic mass is 10.2. The zero-order valence-electron chi connectivity index (χ0n) is 10.5. The summed E-state index contributed by atoms with van der Waals surface area (Å²) in [6.45, 7) is 0. The quantitative estimate of drug-likeness (QED) is 0.690. The Hall–Kier alpha value is -1.49. The molecule has 2 aromatic carbocycles. The van der Waals surface area contributed by atoms with E-state index in [-0.39, 0.29) is 0 Å². The van der Waals surface area contributed by atoms with Gasteiger partial charge in [-0.15, -0.1) is 0 Å². The highest BCUT2D eigenvalue weighted by Gasteiger charge is 2.06. The van der Waals surface area contributed by atoms with Crippen LogP contribution in [0.25, 0.3) is 6.08 Å². The fourth-order valence-electron chi connectivity index (χ4n) is 1.55. The maximum Gasteiger partial charge on any atom is 0.328 e. The maximum absolute atomic E-state index is 10.5. The predicted octanol–water partition coefficient (Wildman–Crippen LogP) is 5.65. The molecule has 0 atom stereocenters. The van der Waals surface area contributed by atoms with Crippen LogP contribution in [0.15, 0.2) is 46.9 Å². The Morgan fingerprint density at radius 3 is 2.62 bits per heavy atom. The van der Waals surface area contributed by atoms with E-state index < -0.39 is 5.97 Å². The van der Waals surface area contributed by atoms with Gasteiger partial charge in [0.1, 0.15) is 11.5 Å². The van der Waals surface area contributed by atoms with E-state index in [9.17, 15) is 4.79 Å². The van der Waals surface area contributed by atoms with Gasteiger partial charge in [-0.05, 0) is 35.9 Å².